The Morgan fingerprint density at radius 2 is 1.09 bits per heavy atom. The van der Waals surface area contributed by atoms with Crippen molar-refractivity contribution in [2.75, 3.05) is 0 Å². The first-order chi connectivity index (χ1) is 5.15. The number of halogens is 3. The van der Waals surface area contributed by atoms with Crippen molar-refractivity contribution >= 4 is 27.9 Å². The van der Waals surface area contributed by atoms with Gasteiger partial charge in [-0.25, -0.2) is 0 Å². The average Bonchev–Trinajstić information content (AvgIpc) is 1.88. The second-order valence-corrected chi connectivity index (χ2v) is 10.0. The van der Waals surface area contributed by atoms with Crippen LogP contribution in [0.15, 0.2) is 0 Å². The fourth-order valence-corrected chi connectivity index (χ4v) is 0.677. The van der Waals surface area contributed by atoms with Crippen LogP contribution in [0.4, 0.5) is 0 Å². The van der Waals surface area contributed by atoms with Crippen LogP contribution in [-0.4, -0.2) is 0 Å². The van der Waals surface area contributed by atoms with Gasteiger partial charge in [0.25, 0.3) is 0 Å². The topological polar surface area (TPSA) is 0 Å². The molecular formula is C7H16Cl3Ti. The van der Waals surface area contributed by atoms with Crippen molar-refractivity contribution in [3.05, 3.63) is 0 Å². The molecule has 0 spiro atoms. The zero-order valence-corrected chi connectivity index (χ0v) is 11.0. The third-order valence-corrected chi connectivity index (χ3v) is 1.21. The molecule has 0 aliphatic carbocycles. The summed E-state index contributed by atoms with van der Waals surface area (Å²) in [4.78, 5) is 0. The quantitative estimate of drug-likeness (QED) is 0.487. The molecule has 0 rings (SSSR count). The van der Waals surface area contributed by atoms with Crippen LogP contribution in [0.2, 0.25) is 0 Å². The summed E-state index contributed by atoms with van der Waals surface area (Å²) in [7, 11) is 14.9. The van der Waals surface area contributed by atoms with Crippen LogP contribution in [0.3, 0.4) is 0 Å². The monoisotopic (exact) mass is 253 g/mol. The Labute approximate surface area is 88.1 Å². The number of hydrogen-bond donors (Lipinski definition) is 0. The molecule has 0 aliphatic rings. The predicted molar refractivity (Wildman–Crippen MR) is 52.0 cm³/mol. The van der Waals surface area contributed by atoms with E-state index in [1.807, 2.05) is 0 Å². The first kappa shape index (κ1) is 15.1. The second-order valence-electron chi connectivity index (χ2n) is 2.27. The van der Waals surface area contributed by atoms with Gasteiger partial charge in [-0.1, -0.05) is 46.0 Å². The van der Waals surface area contributed by atoms with Gasteiger partial charge in [-0.3, -0.25) is 0 Å². The normalized spacial score (nSPS) is 8.45. The van der Waals surface area contributed by atoms with Gasteiger partial charge in [0.05, 0.1) is 0 Å². The Bertz CT molecular complexity index is 52.9. The van der Waals surface area contributed by atoms with Crippen LogP contribution in [0.25, 0.3) is 0 Å². The fraction of sp³-hybridized carbons (Fsp3) is 1.00. The molecule has 0 N–H and O–H groups in total. The van der Waals surface area contributed by atoms with Crippen LogP contribution in [-0.2, 0) is 14.7 Å². The molecule has 0 fully saturated rings. The summed E-state index contributed by atoms with van der Waals surface area (Å²) in [5.41, 5.74) is 0. The predicted octanol–water partition coefficient (Wildman–Crippen LogP) is 5.04. The summed E-state index contributed by atoms with van der Waals surface area (Å²) in [6, 6.07) is 0. The van der Waals surface area contributed by atoms with E-state index in [2.05, 4.69) is 13.8 Å². The molecule has 0 unspecified atom stereocenters. The van der Waals surface area contributed by atoms with E-state index in [0.717, 1.165) is 0 Å². The third-order valence-electron chi connectivity index (χ3n) is 1.21. The number of unbranched alkanes of at least 4 members (excludes halogenated alkanes) is 4. The zero-order chi connectivity index (χ0) is 9.11. The van der Waals surface area contributed by atoms with Crippen LogP contribution < -0.4 is 0 Å². The van der Waals surface area contributed by atoms with Crippen molar-refractivity contribution < 1.29 is 14.7 Å². The number of hydrogen-bond acceptors (Lipinski definition) is 0. The van der Waals surface area contributed by atoms with Gasteiger partial charge in [0.2, 0.25) is 0 Å². The summed E-state index contributed by atoms with van der Waals surface area (Å²) < 4.78 is 0. The molecular weight excluding hydrogens is 238 g/mol. The molecule has 0 heterocycles. The van der Waals surface area contributed by atoms with Crippen LogP contribution in [0, 0.1) is 0 Å². The molecule has 0 saturated carbocycles. The van der Waals surface area contributed by atoms with Gasteiger partial charge in [0.15, 0.2) is 0 Å². The molecule has 0 aromatic rings. The minimum absolute atomic E-state index is 1.36. The maximum absolute atomic E-state index is 4.97. The summed E-state index contributed by atoms with van der Waals surface area (Å²) in [5.74, 6) is 0. The Kier molecular flexibility index (Phi) is 19.4. The second kappa shape index (κ2) is 14.1. The van der Waals surface area contributed by atoms with Gasteiger partial charge in [0.1, 0.15) is 0 Å². The molecule has 0 atom stereocenters. The minimum atomic E-state index is -1.92. The maximum atomic E-state index is 4.97. The van der Waals surface area contributed by atoms with E-state index in [9.17, 15) is 0 Å². The first-order valence-electron chi connectivity index (χ1n) is 3.98. The van der Waals surface area contributed by atoms with Crippen molar-refractivity contribution in [1.82, 2.24) is 0 Å². The molecule has 0 aromatic heterocycles. The van der Waals surface area contributed by atoms with Crippen molar-refractivity contribution in [2.24, 2.45) is 0 Å². The Morgan fingerprint density at radius 1 is 0.818 bits per heavy atom. The molecule has 0 amide bonds. The molecule has 69 valence electrons. The van der Waals surface area contributed by atoms with E-state index < -0.39 is 14.7 Å². The molecule has 11 heavy (non-hydrogen) atoms. The van der Waals surface area contributed by atoms with E-state index in [4.69, 9.17) is 27.9 Å². The molecule has 4 heteroatoms. The van der Waals surface area contributed by atoms with E-state index in [1.54, 1.807) is 0 Å². The van der Waals surface area contributed by atoms with E-state index in [0.29, 0.717) is 0 Å². The summed E-state index contributed by atoms with van der Waals surface area (Å²) >= 11 is -1.92. The third kappa shape index (κ3) is 34.1. The van der Waals surface area contributed by atoms with Gasteiger partial charge < -0.3 is 0 Å². The van der Waals surface area contributed by atoms with E-state index in [1.165, 1.54) is 32.1 Å². The molecule has 0 nitrogen and oxygen atoms in total. The Hall–Kier alpha value is 1.58. The van der Waals surface area contributed by atoms with Gasteiger partial charge >= 0.3 is 42.6 Å². The van der Waals surface area contributed by atoms with Gasteiger partial charge in [-0.05, 0) is 0 Å². The number of rotatable bonds is 4. The van der Waals surface area contributed by atoms with Gasteiger partial charge in [0, 0.05) is 0 Å². The molecule has 0 saturated heterocycles. The van der Waals surface area contributed by atoms with Crippen molar-refractivity contribution in [3.8, 4) is 0 Å². The van der Waals surface area contributed by atoms with Crippen molar-refractivity contribution in [1.29, 1.82) is 0 Å². The van der Waals surface area contributed by atoms with Crippen molar-refractivity contribution in [3.63, 3.8) is 0 Å². The van der Waals surface area contributed by atoms with Gasteiger partial charge in [-0.2, -0.15) is 0 Å². The fourth-order valence-electron chi connectivity index (χ4n) is 0.677. The summed E-state index contributed by atoms with van der Waals surface area (Å²) in [6.07, 6.45) is 7.01. The molecule has 0 bridgehead atoms. The van der Waals surface area contributed by atoms with Crippen LogP contribution >= 0.6 is 27.9 Å². The summed E-state index contributed by atoms with van der Waals surface area (Å²) in [5, 5.41) is 0. The van der Waals surface area contributed by atoms with Crippen LogP contribution in [0.5, 0.6) is 0 Å². The van der Waals surface area contributed by atoms with Gasteiger partial charge in [-0.15, -0.1) is 0 Å². The zero-order valence-electron chi connectivity index (χ0n) is 7.17. The average molecular weight is 254 g/mol. The Morgan fingerprint density at radius 3 is 1.27 bits per heavy atom. The molecule has 0 radical (unpaired) electrons. The molecule has 0 aromatic carbocycles. The van der Waals surface area contributed by atoms with Crippen molar-refractivity contribution in [2.45, 2.75) is 46.0 Å². The Balaban J connectivity index is 0. The van der Waals surface area contributed by atoms with Crippen LogP contribution in [0.1, 0.15) is 46.0 Å². The van der Waals surface area contributed by atoms with E-state index >= 15 is 0 Å². The van der Waals surface area contributed by atoms with E-state index in [-0.39, 0.29) is 0 Å². The standard InChI is InChI=1S/C7H16.3ClH.Ti/c1-3-5-7-6-4-2;;;;/h3-7H2,1-2H3;3*1H;/q;;;;+3/p-3. The SMILES string of the molecule is CCCCCCC.[Cl][Ti]([Cl])[Cl]. The molecule has 0 aliphatic heterocycles. The first-order valence-corrected chi connectivity index (χ1v) is 10.4. The summed E-state index contributed by atoms with van der Waals surface area (Å²) in [6.45, 7) is 4.49.